The summed E-state index contributed by atoms with van der Waals surface area (Å²) in [6.45, 7) is 44.7. The maximum atomic E-state index is 7.51. The number of nitrogens with one attached hydrogen (secondary N) is 3. The van der Waals surface area contributed by atoms with Crippen LogP contribution in [0.3, 0.4) is 0 Å². The molecule has 0 spiro atoms. The second-order valence-electron chi connectivity index (χ2n) is 15.6. The molecule has 6 nitrogen and oxygen atoms in total. The summed E-state index contributed by atoms with van der Waals surface area (Å²) >= 11 is 0. The molecule has 0 aromatic heterocycles. The van der Waals surface area contributed by atoms with Gasteiger partial charge in [0.15, 0.2) is 8.32 Å². The molecule has 1 heterocycles. The molecule has 3 N–H and O–H groups in total. The van der Waals surface area contributed by atoms with Crippen molar-refractivity contribution >= 4 is 67.0 Å². The van der Waals surface area contributed by atoms with Gasteiger partial charge in [-0.3, -0.25) is 7.79 Å². The second-order valence-corrected chi connectivity index (χ2v) is 53.8. The van der Waals surface area contributed by atoms with E-state index in [0.717, 1.165) is 0 Å². The molecule has 0 atom stereocenters. The largest absolute Gasteiger partial charge is 0.424 e. The van der Waals surface area contributed by atoms with Crippen LogP contribution in [-0.2, 0) is 4.12 Å². The minimum absolute atomic E-state index is 1.59. The van der Waals surface area contributed by atoms with E-state index in [0.29, 0.717) is 0 Å². The Hall–Kier alpha value is 1.50. The number of nitrogens with zero attached hydrogens (tertiary/aromatic N) is 2. The molecule has 0 bridgehead atoms. The summed E-state index contributed by atoms with van der Waals surface area (Å²) in [5.41, 5.74) is 0. The van der Waals surface area contributed by atoms with Crippen LogP contribution in [0.2, 0.25) is 118 Å². The third kappa shape index (κ3) is 7.74. The van der Waals surface area contributed by atoms with Gasteiger partial charge < -0.3 is 18.1 Å². The van der Waals surface area contributed by atoms with E-state index in [1.807, 2.05) is 0 Å². The van der Waals surface area contributed by atoms with Crippen molar-refractivity contribution in [3.63, 3.8) is 0 Å². The van der Waals surface area contributed by atoms with Crippen LogP contribution in [0.5, 0.6) is 0 Å². The molecular weight excluding hydrogens is 527 g/mol. The molecule has 0 aromatic carbocycles. The van der Waals surface area contributed by atoms with E-state index in [2.05, 4.69) is 140 Å². The lowest BCUT2D eigenvalue weighted by atomic mass is 11.8. The molecular formula is C18H57N5OSi8. The Morgan fingerprint density at radius 1 is 0.469 bits per heavy atom. The average molecular weight is 584 g/mol. The van der Waals surface area contributed by atoms with Gasteiger partial charge in [0.1, 0.15) is 41.2 Å². The zero-order valence-electron chi connectivity index (χ0n) is 24.8. The van der Waals surface area contributed by atoms with Gasteiger partial charge in [-0.1, -0.05) is 98.2 Å². The SMILES string of the molecule is C[Si](C)(C)N[Si]1(N[Si](C)(C)C)N([Si](C)(C)C)[Si](N[Si](C)(C)C)(O[Si](C)(C)C)N1[Si](C)(C)C. The van der Waals surface area contributed by atoms with Gasteiger partial charge in [0.05, 0.1) is 0 Å². The highest BCUT2D eigenvalue weighted by atomic mass is 28.6. The lowest BCUT2D eigenvalue weighted by Crippen LogP contribution is -3.13. The fraction of sp³-hybridized carbons (Fsp3) is 1.00. The van der Waals surface area contributed by atoms with Crippen molar-refractivity contribution in [1.82, 2.24) is 21.7 Å². The van der Waals surface area contributed by atoms with E-state index in [1.165, 1.54) is 0 Å². The van der Waals surface area contributed by atoms with Gasteiger partial charge in [0.2, 0.25) is 0 Å². The molecule has 32 heavy (non-hydrogen) atoms. The Kier molecular flexibility index (Phi) is 8.97. The standard InChI is InChI=1S/C18H57N5OSi8/c1-25(2,3)19-31(20-26(4,5)6)22(28(10,11)12)32(21-27(7,8)9,24-30(16,17)18)23(31)29(13,14)15/h19-21H,1-18H3. The molecule has 0 aliphatic carbocycles. The normalized spacial score (nSPS) is 21.6. The van der Waals surface area contributed by atoms with Gasteiger partial charge in [0.25, 0.3) is 0 Å². The number of rotatable bonds is 10. The Balaban J connectivity index is 4.07. The van der Waals surface area contributed by atoms with Crippen molar-refractivity contribution in [2.75, 3.05) is 0 Å². The van der Waals surface area contributed by atoms with Gasteiger partial charge in [-0.15, -0.1) is 0 Å². The minimum atomic E-state index is -2.53. The zero-order valence-corrected chi connectivity index (χ0v) is 32.8. The van der Waals surface area contributed by atoms with Crippen molar-refractivity contribution in [2.45, 2.75) is 118 Å². The first-order chi connectivity index (χ1) is 13.6. The summed E-state index contributed by atoms with van der Waals surface area (Å²) in [4.78, 5) is 0. The molecule has 0 amide bonds. The monoisotopic (exact) mass is 583 g/mol. The number of hydrogen-bond acceptors (Lipinski definition) is 6. The lowest BCUT2D eigenvalue weighted by Gasteiger charge is -2.77. The van der Waals surface area contributed by atoms with Gasteiger partial charge in [-0.2, -0.15) is 0 Å². The summed E-state index contributed by atoms with van der Waals surface area (Å²) in [7, 11) is -15.0. The lowest BCUT2D eigenvalue weighted by molar-refractivity contribution is 0.365. The van der Waals surface area contributed by atoms with E-state index in [-0.39, 0.29) is 0 Å². The highest BCUT2D eigenvalue weighted by Gasteiger charge is 2.81. The topological polar surface area (TPSA) is 51.8 Å². The molecule has 1 fully saturated rings. The van der Waals surface area contributed by atoms with E-state index >= 15 is 0 Å². The van der Waals surface area contributed by atoms with Crippen molar-refractivity contribution in [3.8, 4) is 0 Å². The molecule has 0 unspecified atom stereocenters. The number of hydrogen-bond donors (Lipinski definition) is 3. The van der Waals surface area contributed by atoms with Crippen molar-refractivity contribution in [1.29, 1.82) is 0 Å². The average Bonchev–Trinajstić information content (AvgIpc) is 2.22. The molecule has 1 rings (SSSR count). The van der Waals surface area contributed by atoms with Crippen LogP contribution in [0.1, 0.15) is 0 Å². The van der Waals surface area contributed by atoms with Gasteiger partial charge >= 0.3 is 17.5 Å². The Labute approximate surface area is 209 Å². The first-order valence-corrected chi connectivity index (χ1v) is 36.7. The van der Waals surface area contributed by atoms with Crippen molar-refractivity contribution in [2.24, 2.45) is 0 Å². The molecule has 0 radical (unpaired) electrons. The summed E-state index contributed by atoms with van der Waals surface area (Å²) in [6.07, 6.45) is 0. The van der Waals surface area contributed by atoms with Gasteiger partial charge in [-0.05, 0) is 19.6 Å². The van der Waals surface area contributed by atoms with Crippen LogP contribution >= 0.6 is 0 Å². The fourth-order valence-electron chi connectivity index (χ4n) is 4.92. The quantitative estimate of drug-likeness (QED) is 0.305. The second kappa shape index (κ2) is 9.11. The van der Waals surface area contributed by atoms with Crippen LogP contribution in [0.4, 0.5) is 0 Å². The summed E-state index contributed by atoms with van der Waals surface area (Å²) in [6, 6.07) is 0. The highest BCUT2D eigenvalue weighted by Crippen LogP contribution is 2.45. The molecule has 14 heteroatoms. The first-order valence-electron chi connectivity index (χ1n) is 12.2. The van der Waals surface area contributed by atoms with Crippen LogP contribution in [0.25, 0.3) is 0 Å². The fourth-order valence-corrected chi connectivity index (χ4v) is 55.7. The van der Waals surface area contributed by atoms with Gasteiger partial charge in [0, 0.05) is 0 Å². The summed E-state index contributed by atoms with van der Waals surface area (Å²) < 4.78 is 26.8. The maximum absolute atomic E-state index is 7.51. The van der Waals surface area contributed by atoms with E-state index in [9.17, 15) is 0 Å². The first kappa shape index (κ1) is 31.5. The van der Waals surface area contributed by atoms with Crippen LogP contribution in [0, 0.1) is 0 Å². The van der Waals surface area contributed by atoms with E-state index in [4.69, 9.17) is 4.12 Å². The molecule has 1 saturated heterocycles. The van der Waals surface area contributed by atoms with Gasteiger partial charge in [-0.25, -0.2) is 0 Å². The van der Waals surface area contributed by atoms with Crippen molar-refractivity contribution in [3.05, 3.63) is 0 Å². The maximum Gasteiger partial charge on any atom is 0.407 e. The third-order valence-corrected chi connectivity index (χ3v) is 42.1. The van der Waals surface area contributed by atoms with Crippen LogP contribution in [0.15, 0.2) is 0 Å². The Bertz CT molecular complexity index is 566. The molecule has 192 valence electrons. The van der Waals surface area contributed by atoms with Crippen LogP contribution < -0.4 is 13.9 Å². The molecule has 1 aliphatic rings. The minimum Gasteiger partial charge on any atom is -0.424 e. The molecule has 0 saturated carbocycles. The zero-order chi connectivity index (χ0) is 26.0. The molecule has 1 aliphatic heterocycles. The predicted octanol–water partition coefficient (Wildman–Crippen LogP) is 5.27. The Morgan fingerprint density at radius 2 is 0.750 bits per heavy atom. The van der Waals surface area contributed by atoms with E-state index < -0.39 is 67.0 Å². The smallest absolute Gasteiger partial charge is 0.407 e. The Morgan fingerprint density at radius 3 is 0.938 bits per heavy atom. The third-order valence-electron chi connectivity index (χ3n) is 4.68. The van der Waals surface area contributed by atoms with E-state index in [1.54, 1.807) is 0 Å². The van der Waals surface area contributed by atoms with Crippen molar-refractivity contribution < 1.29 is 4.12 Å². The summed E-state index contributed by atoms with van der Waals surface area (Å²) in [5, 5.41) is 0. The summed E-state index contributed by atoms with van der Waals surface area (Å²) in [5.74, 6) is 0. The predicted molar refractivity (Wildman–Crippen MR) is 166 cm³/mol. The highest BCUT2D eigenvalue weighted by molar-refractivity contribution is 7.23. The van der Waals surface area contributed by atoms with Crippen LogP contribution in [-0.4, -0.2) is 74.8 Å². The molecule has 0 aromatic rings.